The van der Waals surface area contributed by atoms with Crippen molar-refractivity contribution in [1.82, 2.24) is 5.32 Å². The van der Waals surface area contributed by atoms with E-state index in [1.165, 1.54) is 31.2 Å². The molecule has 2 aromatic carbocycles. The maximum Gasteiger partial charge on any atom is 0.373 e. The second-order valence-electron chi connectivity index (χ2n) is 5.82. The fourth-order valence-electron chi connectivity index (χ4n) is 2.36. The smallest absolute Gasteiger partial charge is 0.373 e. The molecule has 1 amide bonds. The summed E-state index contributed by atoms with van der Waals surface area (Å²) < 4.78 is 37.4. The molecule has 0 aromatic heterocycles. The van der Waals surface area contributed by atoms with Crippen LogP contribution in [0.1, 0.15) is 24.2 Å². The molecular formula is C21H19F2NO7S. The molecule has 11 heteroatoms. The minimum Gasteiger partial charge on any atom is -0.462 e. The van der Waals surface area contributed by atoms with Gasteiger partial charge < -0.3 is 14.8 Å². The van der Waals surface area contributed by atoms with E-state index in [0.717, 1.165) is 23.9 Å². The van der Waals surface area contributed by atoms with Crippen LogP contribution < -0.4 is 10.1 Å². The zero-order valence-electron chi connectivity index (χ0n) is 17.1. The van der Waals surface area contributed by atoms with Gasteiger partial charge in [0.1, 0.15) is 22.9 Å². The average Bonchev–Trinajstić information content (AvgIpc) is 2.72. The quantitative estimate of drug-likeness (QED) is 0.485. The van der Waals surface area contributed by atoms with Crippen molar-refractivity contribution < 1.29 is 42.2 Å². The Bertz CT molecular complexity index is 1010. The molecule has 1 N–H and O–H groups in total. The average molecular weight is 467 g/mol. The normalized spacial score (nSPS) is 9.62. The number of benzene rings is 2. The number of ether oxygens (including phenoxy) is 2. The highest BCUT2D eigenvalue weighted by atomic mass is 32.2. The first-order valence-corrected chi connectivity index (χ1v) is 10.1. The Morgan fingerprint density at radius 1 is 1.09 bits per heavy atom. The third-order valence-electron chi connectivity index (χ3n) is 3.61. The van der Waals surface area contributed by atoms with Crippen molar-refractivity contribution >= 4 is 35.1 Å². The summed E-state index contributed by atoms with van der Waals surface area (Å²) in [6.07, 6.45) is 0.250. The molecule has 0 saturated heterocycles. The molecule has 0 radical (unpaired) electrons. The number of hydrogen-bond donors (Lipinski definition) is 1. The van der Waals surface area contributed by atoms with Crippen LogP contribution in [-0.2, 0) is 19.1 Å². The number of esters is 1. The van der Waals surface area contributed by atoms with E-state index in [4.69, 9.17) is 19.1 Å². The molecule has 2 aromatic rings. The maximum atomic E-state index is 14.1. The lowest BCUT2D eigenvalue weighted by molar-refractivity contribution is -0.191. The van der Waals surface area contributed by atoms with Crippen molar-refractivity contribution in [3.05, 3.63) is 53.6 Å². The molecule has 0 atom stereocenters. The zero-order valence-corrected chi connectivity index (χ0v) is 17.9. The topological polar surface area (TPSA) is 116 Å². The van der Waals surface area contributed by atoms with Gasteiger partial charge in [0.2, 0.25) is 5.91 Å². The van der Waals surface area contributed by atoms with E-state index in [9.17, 15) is 23.2 Å². The second-order valence-corrected chi connectivity index (χ2v) is 6.85. The Kier molecular flexibility index (Phi) is 11.3. The van der Waals surface area contributed by atoms with Gasteiger partial charge in [0, 0.05) is 30.9 Å². The minimum atomic E-state index is -0.793. The lowest BCUT2D eigenvalue weighted by Gasteiger charge is -2.12. The molecule has 0 bridgehead atoms. The molecule has 8 nitrogen and oxygen atoms in total. The largest absolute Gasteiger partial charge is 0.462 e. The van der Waals surface area contributed by atoms with Crippen molar-refractivity contribution in [2.45, 2.75) is 13.8 Å². The van der Waals surface area contributed by atoms with Crippen molar-refractivity contribution in [2.75, 3.05) is 18.9 Å². The molecule has 0 saturated carbocycles. The van der Waals surface area contributed by atoms with Crippen LogP contribution in [0, 0.1) is 11.6 Å². The van der Waals surface area contributed by atoms with E-state index in [2.05, 4.69) is 5.32 Å². The van der Waals surface area contributed by atoms with Gasteiger partial charge in [0.15, 0.2) is 0 Å². The predicted octanol–water partition coefficient (Wildman–Crippen LogP) is 3.59. The Balaban J connectivity index is 0.00000161. The van der Waals surface area contributed by atoms with E-state index in [-0.39, 0.29) is 47.8 Å². The summed E-state index contributed by atoms with van der Waals surface area (Å²) in [5.74, 6) is -2.25. The number of carbonyl (C=O) groups excluding carboxylic acids is 5. The van der Waals surface area contributed by atoms with Gasteiger partial charge in [-0.3, -0.25) is 4.79 Å². The molecule has 0 fully saturated rings. The molecule has 0 aliphatic rings. The number of halogens is 2. The molecule has 0 aliphatic heterocycles. The highest BCUT2D eigenvalue weighted by Crippen LogP contribution is 2.30. The molecule has 0 unspecified atom stereocenters. The van der Waals surface area contributed by atoms with E-state index >= 15 is 0 Å². The van der Waals surface area contributed by atoms with Crippen LogP contribution in [0.4, 0.5) is 13.6 Å². The third-order valence-corrected chi connectivity index (χ3v) is 4.33. The van der Waals surface area contributed by atoms with Gasteiger partial charge >= 0.3 is 17.4 Å². The van der Waals surface area contributed by atoms with Crippen LogP contribution in [-0.4, -0.2) is 42.2 Å². The first-order chi connectivity index (χ1) is 15.2. The van der Waals surface area contributed by atoms with E-state index in [0.29, 0.717) is 5.56 Å². The third kappa shape index (κ3) is 8.66. The standard InChI is InChI=1S/C20H19F2NO5S.CO2/c1-3-27-19(25)16-10-13(15-6-5-14(21)11-17(15)22)4-7-18(16)28-20(26)29-9-8-23-12(2)24;2-1-3/h4-7,10-11H,3,8-9H2,1-2H3,(H,23,24);. The van der Waals surface area contributed by atoms with Crippen molar-refractivity contribution in [3.8, 4) is 16.9 Å². The Morgan fingerprint density at radius 3 is 2.38 bits per heavy atom. The second kappa shape index (κ2) is 13.7. The summed E-state index contributed by atoms with van der Waals surface area (Å²) >= 11 is 0.822. The monoisotopic (exact) mass is 467 g/mol. The number of carbonyl (C=O) groups is 3. The first kappa shape index (κ1) is 26.5. The van der Waals surface area contributed by atoms with Gasteiger partial charge in [-0.05, 0) is 48.5 Å². The van der Waals surface area contributed by atoms with Crippen molar-refractivity contribution in [3.63, 3.8) is 0 Å². The Labute approximate surface area is 186 Å². The SMILES string of the molecule is CCOC(=O)c1cc(-c2ccc(F)cc2F)ccc1OC(=O)SCCNC(C)=O.O=C=O. The summed E-state index contributed by atoms with van der Waals surface area (Å²) in [7, 11) is 0. The number of hydrogen-bond acceptors (Lipinski definition) is 8. The predicted molar refractivity (Wildman–Crippen MR) is 110 cm³/mol. The number of nitrogens with one attached hydrogen (secondary N) is 1. The highest BCUT2D eigenvalue weighted by molar-refractivity contribution is 8.13. The molecule has 0 spiro atoms. The van der Waals surface area contributed by atoms with Crippen LogP contribution in [0.25, 0.3) is 11.1 Å². The maximum absolute atomic E-state index is 14.1. The fourth-order valence-corrected chi connectivity index (χ4v) is 2.88. The number of rotatable bonds is 7. The van der Waals surface area contributed by atoms with Gasteiger partial charge in [-0.2, -0.15) is 9.59 Å². The highest BCUT2D eigenvalue weighted by Gasteiger charge is 2.19. The first-order valence-electron chi connectivity index (χ1n) is 9.08. The summed E-state index contributed by atoms with van der Waals surface area (Å²) in [5.41, 5.74) is 0.312. The summed E-state index contributed by atoms with van der Waals surface area (Å²) in [6, 6.07) is 7.19. The van der Waals surface area contributed by atoms with E-state index < -0.39 is 22.9 Å². The van der Waals surface area contributed by atoms with Crippen LogP contribution >= 0.6 is 11.8 Å². The minimum absolute atomic E-state index is 0.0493. The molecule has 32 heavy (non-hydrogen) atoms. The summed E-state index contributed by atoms with van der Waals surface area (Å²) in [6.45, 7) is 3.35. The Hall–Kier alpha value is -3.56. The van der Waals surface area contributed by atoms with Crippen LogP contribution in [0.5, 0.6) is 5.75 Å². The lowest BCUT2D eigenvalue weighted by atomic mass is 10.0. The van der Waals surface area contributed by atoms with E-state index in [1.807, 2.05) is 0 Å². The molecule has 2 rings (SSSR count). The van der Waals surface area contributed by atoms with Crippen molar-refractivity contribution in [2.24, 2.45) is 0 Å². The Morgan fingerprint density at radius 2 is 1.78 bits per heavy atom. The summed E-state index contributed by atoms with van der Waals surface area (Å²) in [4.78, 5) is 51.4. The van der Waals surface area contributed by atoms with Crippen LogP contribution in [0.3, 0.4) is 0 Å². The fraction of sp³-hybridized carbons (Fsp3) is 0.238. The van der Waals surface area contributed by atoms with Crippen LogP contribution in [0.15, 0.2) is 36.4 Å². The van der Waals surface area contributed by atoms with Gasteiger partial charge in [0.05, 0.1) is 6.61 Å². The zero-order chi connectivity index (χ0) is 24.1. The van der Waals surface area contributed by atoms with Crippen molar-refractivity contribution in [1.29, 1.82) is 0 Å². The lowest BCUT2D eigenvalue weighted by Crippen LogP contribution is -2.23. The molecule has 0 aliphatic carbocycles. The van der Waals surface area contributed by atoms with Gasteiger partial charge in [0.25, 0.3) is 0 Å². The van der Waals surface area contributed by atoms with E-state index in [1.54, 1.807) is 6.92 Å². The van der Waals surface area contributed by atoms with Crippen LogP contribution in [0.2, 0.25) is 0 Å². The number of thioether (sulfide) groups is 1. The molecular weight excluding hydrogens is 448 g/mol. The van der Waals surface area contributed by atoms with Gasteiger partial charge in [-0.1, -0.05) is 6.07 Å². The van der Waals surface area contributed by atoms with Gasteiger partial charge in [-0.15, -0.1) is 0 Å². The van der Waals surface area contributed by atoms with Gasteiger partial charge in [-0.25, -0.2) is 18.4 Å². The number of amides is 1. The molecule has 170 valence electrons. The summed E-state index contributed by atoms with van der Waals surface area (Å²) in [5, 5.41) is 1.86. The molecule has 0 heterocycles.